The molecule has 0 bridgehead atoms. The molecule has 0 radical (unpaired) electrons. The van der Waals surface area contributed by atoms with Gasteiger partial charge in [0.2, 0.25) is 11.8 Å². The van der Waals surface area contributed by atoms with Crippen molar-refractivity contribution in [3.8, 4) is 0 Å². The molecule has 2 amide bonds. The summed E-state index contributed by atoms with van der Waals surface area (Å²) >= 11 is 0. The number of rotatable bonds is 7. The number of benzene rings is 1. The first-order chi connectivity index (χ1) is 21.3. The minimum absolute atomic E-state index is 0.0298. The molecule has 16 heteroatoms. The maximum atomic E-state index is 15.0. The van der Waals surface area contributed by atoms with Crippen LogP contribution in [0, 0.1) is 11.2 Å². The molecule has 3 heterocycles. The van der Waals surface area contributed by atoms with Gasteiger partial charge in [-0.05, 0) is 55.5 Å². The number of alkyl halides is 7. The maximum absolute atomic E-state index is 15.0. The molecule has 3 aliphatic rings. The number of hydrogen-bond donors (Lipinski definition) is 1. The van der Waals surface area contributed by atoms with E-state index in [1.54, 1.807) is 13.8 Å². The number of fused-ring (bicyclic) bond motifs is 3. The fourth-order valence-electron chi connectivity index (χ4n) is 6.82. The molecule has 252 valence electrons. The van der Waals surface area contributed by atoms with Gasteiger partial charge in [-0.1, -0.05) is 26.0 Å². The largest absolute Gasteiger partial charge is 0.437 e. The Labute approximate surface area is 261 Å². The van der Waals surface area contributed by atoms with Crippen molar-refractivity contribution in [2.24, 2.45) is 5.41 Å². The minimum atomic E-state index is -6.39. The molecule has 1 N–H and O–H groups in total. The average Bonchev–Trinajstić information content (AvgIpc) is 3.55. The van der Waals surface area contributed by atoms with Crippen LogP contribution < -0.4 is 0 Å². The van der Waals surface area contributed by atoms with E-state index in [9.17, 15) is 54.0 Å². The molecule has 4 unspecified atom stereocenters. The molecule has 46 heavy (non-hydrogen) atoms. The number of amides is 2. The van der Waals surface area contributed by atoms with E-state index in [2.05, 4.69) is 4.98 Å². The van der Waals surface area contributed by atoms with Crippen molar-refractivity contribution in [1.29, 1.82) is 0 Å². The first kappa shape index (κ1) is 34.2. The standard InChI is InChI=1S/C30H31F8N3O4S/c1-26(2,16-42)15-41-21(8-11-24(41)43)25(44)40-13-12-27(46(45)18-5-3-4-17(31)14-18)19-6-9-22(39-20(19)7-10-23(27)40)28(32,29(33,34)35)30(36,37)38/h3-6,9,14,21,23,42H,7-8,10-13,15-16H2,1-2H3. The van der Waals surface area contributed by atoms with E-state index in [4.69, 9.17) is 0 Å². The van der Waals surface area contributed by atoms with E-state index in [-0.39, 0.29) is 79.9 Å². The normalized spacial score (nSPS) is 24.6. The van der Waals surface area contributed by atoms with Crippen molar-refractivity contribution in [2.45, 2.75) is 85.7 Å². The summed E-state index contributed by atoms with van der Waals surface area (Å²) in [5.41, 5.74) is -8.81. The van der Waals surface area contributed by atoms with E-state index in [0.717, 1.165) is 18.2 Å². The van der Waals surface area contributed by atoms with Gasteiger partial charge in [-0.2, -0.15) is 26.3 Å². The van der Waals surface area contributed by atoms with Crippen LogP contribution in [-0.4, -0.2) is 80.0 Å². The number of carbonyl (C=O) groups excluding carboxylic acids is 2. The van der Waals surface area contributed by atoms with Crippen molar-refractivity contribution >= 4 is 22.6 Å². The Bertz CT molecular complexity index is 1550. The number of aryl methyl sites for hydroxylation is 1. The molecule has 0 spiro atoms. The predicted octanol–water partition coefficient (Wildman–Crippen LogP) is 5.07. The fraction of sp³-hybridized carbons (Fsp3) is 0.567. The van der Waals surface area contributed by atoms with Crippen LogP contribution in [0.5, 0.6) is 0 Å². The molecule has 4 atom stereocenters. The van der Waals surface area contributed by atoms with Crippen LogP contribution in [0.4, 0.5) is 35.1 Å². The second kappa shape index (κ2) is 11.5. The van der Waals surface area contributed by atoms with Crippen LogP contribution in [-0.2, 0) is 37.2 Å². The second-order valence-electron chi connectivity index (χ2n) is 12.7. The summed E-state index contributed by atoms with van der Waals surface area (Å²) in [5, 5.41) is 9.76. The molecular formula is C30H31F8N3O4S. The summed E-state index contributed by atoms with van der Waals surface area (Å²) in [4.78, 5) is 33.2. The lowest BCUT2D eigenvalue weighted by atomic mass is 9.80. The van der Waals surface area contributed by atoms with Gasteiger partial charge in [0.15, 0.2) is 0 Å². The summed E-state index contributed by atoms with van der Waals surface area (Å²) in [5.74, 6) is -1.55. The van der Waals surface area contributed by atoms with Crippen molar-refractivity contribution in [1.82, 2.24) is 14.8 Å². The molecule has 2 saturated heterocycles. The zero-order valence-corrected chi connectivity index (χ0v) is 25.5. The SMILES string of the molecule is CC(C)(CO)CN1C(=O)CCC1C(=O)N1CCC2(S(=O)c3cccc(F)c3)c3ccc(C(F)(C(F)(F)F)C(F)(F)F)nc3CCC12. The molecule has 2 aliphatic heterocycles. The summed E-state index contributed by atoms with van der Waals surface area (Å²) in [6, 6.07) is 3.96. The van der Waals surface area contributed by atoms with Crippen LogP contribution in [0.2, 0.25) is 0 Å². The van der Waals surface area contributed by atoms with E-state index in [1.807, 2.05) is 0 Å². The quantitative estimate of drug-likeness (QED) is 0.413. The number of aromatic nitrogens is 1. The fourth-order valence-corrected chi connectivity index (χ4v) is 8.82. The predicted molar refractivity (Wildman–Crippen MR) is 148 cm³/mol. The lowest BCUT2D eigenvalue weighted by Gasteiger charge is -2.43. The number of halogens is 8. The third kappa shape index (κ3) is 5.38. The van der Waals surface area contributed by atoms with Crippen LogP contribution in [0.1, 0.15) is 56.5 Å². The van der Waals surface area contributed by atoms with Gasteiger partial charge in [0, 0.05) is 42.1 Å². The van der Waals surface area contributed by atoms with Gasteiger partial charge >= 0.3 is 18.0 Å². The van der Waals surface area contributed by atoms with Crippen molar-refractivity contribution in [2.75, 3.05) is 19.7 Å². The van der Waals surface area contributed by atoms with Gasteiger partial charge in [-0.3, -0.25) is 18.8 Å². The van der Waals surface area contributed by atoms with E-state index in [1.165, 1.54) is 21.9 Å². The zero-order valence-electron chi connectivity index (χ0n) is 24.7. The van der Waals surface area contributed by atoms with Crippen LogP contribution >= 0.6 is 0 Å². The third-order valence-electron chi connectivity index (χ3n) is 9.12. The zero-order chi connectivity index (χ0) is 34.0. The van der Waals surface area contributed by atoms with Gasteiger partial charge in [-0.15, -0.1) is 0 Å². The second-order valence-corrected chi connectivity index (χ2v) is 14.4. The van der Waals surface area contributed by atoms with Crippen LogP contribution in [0.15, 0.2) is 41.3 Å². The molecule has 1 aromatic carbocycles. The van der Waals surface area contributed by atoms with Gasteiger partial charge < -0.3 is 14.9 Å². The van der Waals surface area contributed by atoms with Gasteiger partial charge in [0.25, 0.3) is 0 Å². The number of carbonyl (C=O) groups is 2. The monoisotopic (exact) mass is 681 g/mol. The average molecular weight is 682 g/mol. The Morgan fingerprint density at radius 3 is 2.33 bits per heavy atom. The highest BCUT2D eigenvalue weighted by Crippen LogP contribution is 2.55. The summed E-state index contributed by atoms with van der Waals surface area (Å²) < 4.78 is 123. The van der Waals surface area contributed by atoms with Crippen molar-refractivity contribution in [3.63, 3.8) is 0 Å². The lowest BCUT2D eigenvalue weighted by Crippen LogP contribution is -2.55. The topological polar surface area (TPSA) is 90.8 Å². The molecule has 2 aromatic rings. The number of nitrogens with zero attached hydrogens (tertiary/aromatic N) is 3. The van der Waals surface area contributed by atoms with Crippen molar-refractivity contribution < 1.29 is 54.0 Å². The summed E-state index contributed by atoms with van der Waals surface area (Å²) in [6.45, 7) is 3.18. The number of aliphatic hydroxyl groups excluding tert-OH is 1. The molecule has 1 aromatic heterocycles. The van der Waals surface area contributed by atoms with Crippen LogP contribution in [0.25, 0.3) is 0 Å². The first-order valence-electron chi connectivity index (χ1n) is 14.5. The lowest BCUT2D eigenvalue weighted by molar-refractivity contribution is -0.350. The Morgan fingerprint density at radius 2 is 1.72 bits per heavy atom. The highest BCUT2D eigenvalue weighted by Gasteiger charge is 2.75. The molecular weight excluding hydrogens is 650 g/mol. The summed E-state index contributed by atoms with van der Waals surface area (Å²) in [6.07, 6.45) is -13.0. The van der Waals surface area contributed by atoms with Crippen LogP contribution in [0.3, 0.4) is 0 Å². The number of hydrogen-bond acceptors (Lipinski definition) is 5. The molecule has 7 nitrogen and oxygen atoms in total. The minimum Gasteiger partial charge on any atom is -0.396 e. The van der Waals surface area contributed by atoms with Gasteiger partial charge in [0.05, 0.1) is 27.3 Å². The molecule has 1 aliphatic carbocycles. The number of likely N-dealkylation sites (tertiary alicyclic amines) is 2. The van der Waals surface area contributed by atoms with E-state index in [0.29, 0.717) is 0 Å². The first-order valence-corrected chi connectivity index (χ1v) is 15.6. The third-order valence-corrected chi connectivity index (χ3v) is 11.2. The van der Waals surface area contributed by atoms with Gasteiger partial charge in [-0.25, -0.2) is 8.78 Å². The van der Waals surface area contributed by atoms with Gasteiger partial charge in [0.1, 0.15) is 11.9 Å². The highest BCUT2D eigenvalue weighted by molar-refractivity contribution is 7.86. The van der Waals surface area contributed by atoms with Crippen molar-refractivity contribution in [3.05, 3.63) is 59.2 Å². The van der Waals surface area contributed by atoms with E-state index >= 15 is 0 Å². The maximum Gasteiger partial charge on any atom is 0.437 e. The Kier molecular flexibility index (Phi) is 8.57. The molecule has 2 fully saturated rings. The smallest absolute Gasteiger partial charge is 0.396 e. The number of pyridine rings is 1. The Balaban J connectivity index is 1.61. The highest BCUT2D eigenvalue weighted by atomic mass is 32.2. The van der Waals surface area contributed by atoms with E-state index < -0.39 is 68.5 Å². The Hall–Kier alpha value is -3.14. The summed E-state index contributed by atoms with van der Waals surface area (Å²) in [7, 11) is -2.23. The number of aliphatic hydroxyl groups is 1. The molecule has 5 rings (SSSR count). The molecule has 0 saturated carbocycles. The Morgan fingerprint density at radius 1 is 1.04 bits per heavy atom.